The van der Waals surface area contributed by atoms with Crippen LogP contribution in [0.3, 0.4) is 0 Å². The van der Waals surface area contributed by atoms with Gasteiger partial charge >= 0.3 is 12.1 Å². The highest BCUT2D eigenvalue weighted by molar-refractivity contribution is 5.70. The third-order valence-electron chi connectivity index (χ3n) is 2.95. The average molecular weight is 321 g/mol. The fraction of sp³-hybridized carbons (Fsp3) is 0.867. The number of rotatable bonds is 8. The third kappa shape index (κ3) is 8.81. The predicted molar refractivity (Wildman–Crippen MR) is 80.3 cm³/mol. The van der Waals surface area contributed by atoms with Crippen molar-refractivity contribution < 1.29 is 28.9 Å². The van der Waals surface area contributed by atoms with E-state index < -0.39 is 42.4 Å². The smallest absolute Gasteiger partial charge is 0.407 e. The van der Waals surface area contributed by atoms with E-state index in [-0.39, 0.29) is 12.3 Å². The molecule has 0 heterocycles. The first-order valence-electron chi connectivity index (χ1n) is 7.42. The maximum absolute atomic E-state index is 12.7. The second-order valence-electron chi connectivity index (χ2n) is 6.87. The number of alkyl carbamates (subject to hydrolysis) is 1. The molecule has 0 fully saturated rings. The molecule has 0 bridgehead atoms. The number of carbonyl (C=O) groups excluding carboxylic acids is 1. The molecule has 0 rings (SSSR count). The van der Waals surface area contributed by atoms with E-state index in [9.17, 15) is 19.1 Å². The number of aliphatic hydroxyl groups is 1. The molecule has 1 amide bonds. The molecule has 0 aliphatic rings. The zero-order chi connectivity index (χ0) is 17.5. The fourth-order valence-electron chi connectivity index (χ4n) is 1.96. The van der Waals surface area contributed by atoms with Gasteiger partial charge in [-0.05, 0) is 39.5 Å². The molecular weight excluding hydrogens is 293 g/mol. The zero-order valence-corrected chi connectivity index (χ0v) is 13.9. The number of hydrogen-bond acceptors (Lipinski definition) is 4. The van der Waals surface area contributed by atoms with Crippen LogP contribution in [0.2, 0.25) is 0 Å². The molecule has 6 nitrogen and oxygen atoms in total. The number of amides is 1. The van der Waals surface area contributed by atoms with Crippen LogP contribution in [0.25, 0.3) is 0 Å². The Morgan fingerprint density at radius 2 is 1.77 bits per heavy atom. The van der Waals surface area contributed by atoms with Crippen LogP contribution >= 0.6 is 0 Å². The van der Waals surface area contributed by atoms with Crippen LogP contribution in [0.5, 0.6) is 0 Å². The Bertz CT molecular complexity index is 367. The molecular formula is C15H28FNO5. The van der Waals surface area contributed by atoms with E-state index >= 15 is 0 Å². The van der Waals surface area contributed by atoms with Crippen molar-refractivity contribution in [2.75, 3.05) is 6.67 Å². The van der Waals surface area contributed by atoms with Gasteiger partial charge in [0.15, 0.2) is 0 Å². The third-order valence-corrected chi connectivity index (χ3v) is 2.95. The summed E-state index contributed by atoms with van der Waals surface area (Å²) in [7, 11) is 0. The lowest BCUT2D eigenvalue weighted by atomic mass is 9.93. The number of ether oxygens (including phenoxy) is 1. The van der Waals surface area contributed by atoms with Gasteiger partial charge in [0.1, 0.15) is 12.3 Å². The van der Waals surface area contributed by atoms with Crippen molar-refractivity contribution >= 4 is 12.1 Å². The monoisotopic (exact) mass is 321 g/mol. The molecule has 0 aliphatic heterocycles. The maximum atomic E-state index is 12.7. The predicted octanol–water partition coefficient (Wildman–Crippen LogP) is 2.35. The van der Waals surface area contributed by atoms with Gasteiger partial charge in [0.25, 0.3) is 0 Å². The van der Waals surface area contributed by atoms with E-state index in [0.717, 1.165) is 0 Å². The van der Waals surface area contributed by atoms with E-state index in [2.05, 4.69) is 5.32 Å². The van der Waals surface area contributed by atoms with Crippen LogP contribution < -0.4 is 5.32 Å². The lowest BCUT2D eigenvalue weighted by molar-refractivity contribution is -0.143. The Labute approximate surface area is 131 Å². The first-order chi connectivity index (χ1) is 9.96. The molecule has 0 aromatic carbocycles. The molecule has 7 heteroatoms. The van der Waals surface area contributed by atoms with Crippen LogP contribution in [0.1, 0.15) is 47.5 Å². The minimum Gasteiger partial charge on any atom is -0.481 e. The molecule has 22 heavy (non-hydrogen) atoms. The Morgan fingerprint density at radius 3 is 2.14 bits per heavy atom. The van der Waals surface area contributed by atoms with Crippen LogP contribution in [-0.2, 0) is 9.53 Å². The average Bonchev–Trinajstić information content (AvgIpc) is 2.31. The molecule has 0 saturated carbocycles. The van der Waals surface area contributed by atoms with Crippen LogP contribution in [0.15, 0.2) is 0 Å². The molecule has 0 aromatic rings. The lowest BCUT2D eigenvalue weighted by Gasteiger charge is -2.28. The minimum absolute atomic E-state index is 0.156. The van der Waals surface area contributed by atoms with Crippen LogP contribution in [-0.4, -0.2) is 46.7 Å². The van der Waals surface area contributed by atoms with Crippen LogP contribution in [0.4, 0.5) is 9.18 Å². The van der Waals surface area contributed by atoms with Gasteiger partial charge in [0, 0.05) is 0 Å². The zero-order valence-electron chi connectivity index (χ0n) is 13.9. The highest BCUT2D eigenvalue weighted by atomic mass is 19.1. The second kappa shape index (κ2) is 8.92. The Balaban J connectivity index is 4.81. The van der Waals surface area contributed by atoms with Crippen molar-refractivity contribution in [2.24, 2.45) is 11.8 Å². The normalized spacial score (nSPS) is 16.0. The minimum atomic E-state index is -1.30. The lowest BCUT2D eigenvalue weighted by Crippen LogP contribution is -2.47. The summed E-state index contributed by atoms with van der Waals surface area (Å²) in [6.45, 7) is 7.88. The van der Waals surface area contributed by atoms with Crippen molar-refractivity contribution in [1.82, 2.24) is 5.32 Å². The summed E-state index contributed by atoms with van der Waals surface area (Å²) in [5.41, 5.74) is -0.681. The summed E-state index contributed by atoms with van der Waals surface area (Å²) in [5.74, 6) is -2.43. The quantitative estimate of drug-likeness (QED) is 0.638. The topological polar surface area (TPSA) is 95.9 Å². The summed E-state index contributed by atoms with van der Waals surface area (Å²) in [4.78, 5) is 22.7. The van der Waals surface area contributed by atoms with Crippen molar-refractivity contribution in [3.63, 3.8) is 0 Å². The number of carbonyl (C=O) groups is 2. The molecule has 0 saturated heterocycles. The SMILES string of the molecule is CC(C)C[C@H](NC(=O)OC(C)(C)C)[C@@H](O)C[C@@H](CF)C(=O)O. The summed E-state index contributed by atoms with van der Waals surface area (Å²) >= 11 is 0. The molecule has 3 atom stereocenters. The number of aliphatic hydroxyl groups excluding tert-OH is 1. The van der Waals surface area contributed by atoms with Crippen molar-refractivity contribution in [2.45, 2.75) is 65.2 Å². The van der Waals surface area contributed by atoms with Crippen molar-refractivity contribution in [3.8, 4) is 0 Å². The summed E-state index contributed by atoms with van der Waals surface area (Å²) in [6, 6.07) is -0.691. The molecule has 130 valence electrons. The second-order valence-corrected chi connectivity index (χ2v) is 6.87. The summed E-state index contributed by atoms with van der Waals surface area (Å²) < 4.78 is 17.8. The Morgan fingerprint density at radius 1 is 1.23 bits per heavy atom. The number of carboxylic acid groups (broad SMARTS) is 1. The number of alkyl halides is 1. The standard InChI is InChI=1S/C15H28FNO5/c1-9(2)6-11(17-14(21)22-15(3,4)5)12(18)7-10(8-16)13(19)20/h9-12,18H,6-8H2,1-5H3,(H,17,21)(H,19,20)/t10-,11-,12-/m0/s1. The van der Waals surface area contributed by atoms with Gasteiger partial charge in [-0.15, -0.1) is 0 Å². The van der Waals surface area contributed by atoms with Gasteiger partial charge in [-0.3, -0.25) is 9.18 Å². The molecule has 0 radical (unpaired) electrons. The Hall–Kier alpha value is -1.37. The fourth-order valence-corrected chi connectivity index (χ4v) is 1.96. The van der Waals surface area contributed by atoms with E-state index in [1.807, 2.05) is 13.8 Å². The first-order valence-corrected chi connectivity index (χ1v) is 7.42. The number of aliphatic carboxylic acids is 1. The molecule has 0 aromatic heterocycles. The number of carboxylic acids is 1. The van der Waals surface area contributed by atoms with Crippen LogP contribution in [0, 0.1) is 11.8 Å². The Kier molecular flexibility index (Phi) is 8.37. The van der Waals surface area contributed by atoms with Gasteiger partial charge < -0.3 is 20.3 Å². The van der Waals surface area contributed by atoms with Gasteiger partial charge in [-0.25, -0.2) is 4.79 Å². The van der Waals surface area contributed by atoms with E-state index in [1.54, 1.807) is 20.8 Å². The van der Waals surface area contributed by atoms with E-state index in [4.69, 9.17) is 9.84 Å². The van der Waals surface area contributed by atoms with Gasteiger partial charge in [0.05, 0.1) is 18.1 Å². The number of hydrogen-bond donors (Lipinski definition) is 3. The highest BCUT2D eigenvalue weighted by Crippen LogP contribution is 2.17. The molecule has 0 unspecified atom stereocenters. The van der Waals surface area contributed by atoms with E-state index in [1.165, 1.54) is 0 Å². The van der Waals surface area contributed by atoms with Crippen molar-refractivity contribution in [3.05, 3.63) is 0 Å². The maximum Gasteiger partial charge on any atom is 0.407 e. The van der Waals surface area contributed by atoms with Gasteiger partial charge in [-0.1, -0.05) is 13.8 Å². The molecule has 3 N–H and O–H groups in total. The highest BCUT2D eigenvalue weighted by Gasteiger charge is 2.29. The van der Waals surface area contributed by atoms with Gasteiger partial charge in [-0.2, -0.15) is 0 Å². The molecule has 0 spiro atoms. The first kappa shape index (κ1) is 20.6. The summed E-state index contributed by atoms with van der Waals surface area (Å²) in [5, 5.41) is 21.6. The number of nitrogens with one attached hydrogen (secondary N) is 1. The van der Waals surface area contributed by atoms with Gasteiger partial charge in [0.2, 0.25) is 0 Å². The molecule has 0 aliphatic carbocycles. The summed E-state index contributed by atoms with van der Waals surface area (Å²) in [6.07, 6.45) is -1.69. The largest absolute Gasteiger partial charge is 0.481 e. The van der Waals surface area contributed by atoms with E-state index in [0.29, 0.717) is 6.42 Å². The number of halogens is 1. The van der Waals surface area contributed by atoms with Crippen molar-refractivity contribution in [1.29, 1.82) is 0 Å².